The summed E-state index contributed by atoms with van der Waals surface area (Å²) in [5.41, 5.74) is 3.81. The number of carbonyl (C=O) groups excluding carboxylic acids is 1. The molecule has 0 aromatic heterocycles. The van der Waals surface area contributed by atoms with Crippen LogP contribution in [0.1, 0.15) is 54.4 Å². The van der Waals surface area contributed by atoms with E-state index in [1.807, 2.05) is 24.3 Å². The third kappa shape index (κ3) is 4.00. The quantitative estimate of drug-likeness (QED) is 0.322. The number of piperidine rings is 1. The molecule has 8 rings (SSSR count). The summed E-state index contributed by atoms with van der Waals surface area (Å²) in [5.74, 6) is 2.52. The smallest absolute Gasteiger partial charge is 0.174 e. The molecule has 5 heteroatoms. The number of rotatable bonds is 9. The average molecular weight is 548 g/mol. The molecule has 41 heavy (non-hydrogen) atoms. The molecule has 5 aliphatic rings. The second-order valence-corrected chi connectivity index (χ2v) is 12.6. The van der Waals surface area contributed by atoms with E-state index in [9.17, 15) is 4.79 Å². The number of hydrogen-bond acceptors (Lipinski definition) is 5. The second kappa shape index (κ2) is 9.85. The van der Waals surface area contributed by atoms with Crippen LogP contribution in [0.2, 0.25) is 0 Å². The molecular weight excluding hydrogens is 510 g/mol. The highest BCUT2D eigenvalue weighted by molar-refractivity contribution is 5.90. The van der Waals surface area contributed by atoms with Crippen LogP contribution in [0, 0.1) is 5.92 Å². The van der Waals surface area contributed by atoms with Gasteiger partial charge < -0.3 is 14.2 Å². The van der Waals surface area contributed by atoms with Gasteiger partial charge in [-0.25, -0.2) is 0 Å². The lowest BCUT2D eigenvalue weighted by Crippen LogP contribution is -2.77. The van der Waals surface area contributed by atoms with Gasteiger partial charge in [-0.2, -0.15) is 0 Å². The maximum Gasteiger partial charge on any atom is 0.174 e. The predicted molar refractivity (Wildman–Crippen MR) is 158 cm³/mol. The van der Waals surface area contributed by atoms with Crippen molar-refractivity contribution in [3.8, 4) is 11.5 Å². The van der Waals surface area contributed by atoms with Crippen LogP contribution >= 0.6 is 0 Å². The van der Waals surface area contributed by atoms with Crippen LogP contribution in [0.5, 0.6) is 11.5 Å². The Morgan fingerprint density at radius 2 is 1.78 bits per heavy atom. The van der Waals surface area contributed by atoms with Gasteiger partial charge in [0.1, 0.15) is 6.61 Å². The van der Waals surface area contributed by atoms with Crippen molar-refractivity contribution in [1.82, 2.24) is 4.90 Å². The number of hydrogen-bond donors (Lipinski definition) is 0. The molecule has 0 N–H and O–H groups in total. The Bertz CT molecular complexity index is 1480. The summed E-state index contributed by atoms with van der Waals surface area (Å²) in [5, 5.41) is 0. The minimum atomic E-state index is -0.518. The summed E-state index contributed by atoms with van der Waals surface area (Å²) < 4.78 is 20.3. The molecule has 2 heterocycles. The van der Waals surface area contributed by atoms with Crippen molar-refractivity contribution < 1.29 is 19.0 Å². The molecular formula is C36H37NO4. The summed E-state index contributed by atoms with van der Waals surface area (Å²) >= 11 is 0. The highest BCUT2D eigenvalue weighted by Crippen LogP contribution is 2.66. The van der Waals surface area contributed by atoms with Crippen LogP contribution in [0.3, 0.4) is 0 Å². The standard InChI is InChI=1S/C36H37NO4/c38-29-17-18-36(40-21-7-12-25-8-3-1-4-9-25)31-22-28-15-16-30(39-24-27-10-5-2-6-11-27)33-32(28)35(36,34(29)41-33)19-20-37(31)23-26-13-14-26/h1-12,15-16,26,31,34H,13-14,17-24H2/t31-,34+,35+,36-/m1/s1. The number of carbonyl (C=O) groups is 1. The Morgan fingerprint density at radius 3 is 2.59 bits per heavy atom. The van der Waals surface area contributed by atoms with E-state index in [0.29, 0.717) is 19.6 Å². The van der Waals surface area contributed by atoms with Crippen LogP contribution in [0.15, 0.2) is 78.9 Å². The Kier molecular flexibility index (Phi) is 6.08. The van der Waals surface area contributed by atoms with Crippen molar-refractivity contribution in [3.05, 3.63) is 101 Å². The number of ketones is 1. The summed E-state index contributed by atoms with van der Waals surface area (Å²) in [4.78, 5) is 16.4. The highest BCUT2D eigenvalue weighted by Gasteiger charge is 2.74. The van der Waals surface area contributed by atoms with Crippen LogP contribution < -0.4 is 9.47 Å². The summed E-state index contributed by atoms with van der Waals surface area (Å²) in [6, 6.07) is 25.1. The van der Waals surface area contributed by atoms with Gasteiger partial charge in [0.15, 0.2) is 23.4 Å². The van der Waals surface area contributed by atoms with Crippen molar-refractivity contribution in [2.45, 2.75) is 68.3 Å². The first kappa shape index (κ1) is 25.3. The first-order chi connectivity index (χ1) is 20.2. The van der Waals surface area contributed by atoms with Gasteiger partial charge in [-0.3, -0.25) is 9.69 Å². The minimum absolute atomic E-state index is 0.205. The Balaban J connectivity index is 1.19. The fourth-order valence-corrected chi connectivity index (χ4v) is 8.31. The summed E-state index contributed by atoms with van der Waals surface area (Å²) in [6.07, 6.45) is 9.44. The molecule has 0 amide bonds. The Hall–Kier alpha value is -3.41. The molecule has 2 saturated carbocycles. The van der Waals surface area contributed by atoms with Crippen LogP contribution in [0.25, 0.3) is 6.08 Å². The largest absolute Gasteiger partial charge is 0.485 e. The van der Waals surface area contributed by atoms with E-state index in [2.05, 4.69) is 65.6 Å². The third-order valence-corrected chi connectivity index (χ3v) is 10.3. The number of likely N-dealkylation sites (tertiary alicyclic amines) is 1. The molecule has 3 aromatic rings. The van der Waals surface area contributed by atoms with Gasteiger partial charge in [-0.15, -0.1) is 0 Å². The Morgan fingerprint density at radius 1 is 0.976 bits per heavy atom. The molecule has 1 spiro atoms. The van der Waals surface area contributed by atoms with Crippen molar-refractivity contribution >= 4 is 11.9 Å². The van der Waals surface area contributed by atoms with Gasteiger partial charge in [0, 0.05) is 24.6 Å². The molecule has 3 fully saturated rings. The molecule has 3 aromatic carbocycles. The second-order valence-electron chi connectivity index (χ2n) is 12.6. The molecule has 3 aliphatic carbocycles. The first-order valence-electron chi connectivity index (χ1n) is 15.3. The SMILES string of the molecule is O=C1CC[C@@]2(OCC=Cc3ccccc3)[C@H]3Cc4ccc(OCc5ccccc5)c5c4[C@@]2(CCN3CC2CC2)[C@H]1O5. The average Bonchev–Trinajstić information content (AvgIpc) is 3.75. The molecule has 210 valence electrons. The molecule has 1 saturated heterocycles. The number of Topliss-reactive ketones (excluding diaryl/α,β-unsaturated/α-hetero) is 1. The number of benzene rings is 3. The van der Waals surface area contributed by atoms with E-state index in [1.54, 1.807) is 0 Å². The van der Waals surface area contributed by atoms with E-state index >= 15 is 0 Å². The number of ether oxygens (including phenoxy) is 3. The summed E-state index contributed by atoms with van der Waals surface area (Å²) in [6.45, 7) is 3.09. The molecule has 2 bridgehead atoms. The lowest BCUT2D eigenvalue weighted by atomic mass is 9.48. The zero-order valence-electron chi connectivity index (χ0n) is 23.5. The maximum atomic E-state index is 13.7. The van der Waals surface area contributed by atoms with Crippen molar-refractivity contribution in [2.75, 3.05) is 19.7 Å². The highest BCUT2D eigenvalue weighted by atomic mass is 16.5. The van der Waals surface area contributed by atoms with Gasteiger partial charge in [0.25, 0.3) is 0 Å². The molecule has 2 aliphatic heterocycles. The molecule has 0 radical (unpaired) electrons. The maximum absolute atomic E-state index is 13.7. The van der Waals surface area contributed by atoms with Crippen molar-refractivity contribution in [3.63, 3.8) is 0 Å². The monoisotopic (exact) mass is 547 g/mol. The van der Waals surface area contributed by atoms with Gasteiger partial charge in [-0.05, 0) is 67.3 Å². The van der Waals surface area contributed by atoms with E-state index in [0.717, 1.165) is 55.3 Å². The number of nitrogens with zero attached hydrogens (tertiary/aromatic N) is 1. The van der Waals surface area contributed by atoms with E-state index < -0.39 is 17.1 Å². The van der Waals surface area contributed by atoms with E-state index in [-0.39, 0.29) is 11.8 Å². The van der Waals surface area contributed by atoms with Crippen LogP contribution in [-0.4, -0.2) is 48.1 Å². The zero-order valence-corrected chi connectivity index (χ0v) is 23.5. The van der Waals surface area contributed by atoms with E-state index in [4.69, 9.17) is 14.2 Å². The van der Waals surface area contributed by atoms with Crippen LogP contribution in [-0.2, 0) is 28.0 Å². The third-order valence-electron chi connectivity index (χ3n) is 10.3. The molecule has 5 nitrogen and oxygen atoms in total. The zero-order chi connectivity index (χ0) is 27.4. The van der Waals surface area contributed by atoms with Gasteiger partial charge in [0.2, 0.25) is 0 Å². The fourth-order valence-electron chi connectivity index (χ4n) is 8.31. The lowest BCUT2D eigenvalue weighted by Gasteiger charge is -2.64. The first-order valence-corrected chi connectivity index (χ1v) is 15.3. The van der Waals surface area contributed by atoms with Crippen molar-refractivity contribution in [1.29, 1.82) is 0 Å². The normalized spacial score (nSPS) is 29.8. The Labute approximate surface area is 242 Å². The summed E-state index contributed by atoms with van der Waals surface area (Å²) in [7, 11) is 0. The van der Waals surface area contributed by atoms with Gasteiger partial charge in [0.05, 0.1) is 17.6 Å². The van der Waals surface area contributed by atoms with Gasteiger partial charge >= 0.3 is 0 Å². The van der Waals surface area contributed by atoms with E-state index in [1.165, 1.54) is 29.5 Å². The fraction of sp³-hybridized carbons (Fsp3) is 0.417. The molecule has 0 unspecified atom stereocenters. The van der Waals surface area contributed by atoms with Gasteiger partial charge in [-0.1, -0.05) is 78.9 Å². The van der Waals surface area contributed by atoms with Crippen molar-refractivity contribution in [2.24, 2.45) is 5.92 Å². The minimum Gasteiger partial charge on any atom is -0.485 e. The lowest BCUT2D eigenvalue weighted by molar-refractivity contribution is -0.209. The predicted octanol–water partition coefficient (Wildman–Crippen LogP) is 6.14. The topological polar surface area (TPSA) is 48.0 Å². The van der Waals surface area contributed by atoms with Crippen LogP contribution in [0.4, 0.5) is 0 Å². The molecule has 4 atom stereocenters.